The number of aliphatic hydroxyl groups excluding tert-OH is 1. The molecule has 7 nitrogen and oxygen atoms in total. The minimum atomic E-state index is -0.162. The van der Waals surface area contributed by atoms with Crippen LogP contribution in [-0.2, 0) is 11.3 Å². The maximum atomic E-state index is 12.8. The zero-order valence-electron chi connectivity index (χ0n) is 18.5. The summed E-state index contributed by atoms with van der Waals surface area (Å²) in [5.74, 6) is 0.484. The topological polar surface area (TPSA) is 73.6 Å². The Hall–Kier alpha value is -2.38. The summed E-state index contributed by atoms with van der Waals surface area (Å²) >= 11 is 0. The van der Waals surface area contributed by atoms with Gasteiger partial charge >= 0.3 is 0 Å². The number of anilines is 2. The molecule has 31 heavy (non-hydrogen) atoms. The minimum absolute atomic E-state index is 0.0505. The van der Waals surface area contributed by atoms with Gasteiger partial charge in [-0.1, -0.05) is 0 Å². The largest absolute Gasteiger partial charge is 0.394 e. The molecule has 2 fully saturated rings. The van der Waals surface area contributed by atoms with Crippen molar-refractivity contribution in [2.75, 3.05) is 43.0 Å². The lowest BCUT2D eigenvalue weighted by molar-refractivity contribution is -0.121. The normalized spacial score (nSPS) is 19.4. The second kappa shape index (κ2) is 10.3. The van der Waals surface area contributed by atoms with E-state index in [1.54, 1.807) is 0 Å². The van der Waals surface area contributed by atoms with Gasteiger partial charge in [-0.15, -0.1) is 0 Å². The van der Waals surface area contributed by atoms with Crippen LogP contribution in [0.3, 0.4) is 0 Å². The van der Waals surface area contributed by atoms with Crippen LogP contribution in [0.1, 0.15) is 50.6 Å². The van der Waals surface area contributed by atoms with Crippen molar-refractivity contribution in [3.8, 4) is 0 Å². The average Bonchev–Trinajstić information content (AvgIpc) is 3.28. The molecule has 1 aromatic heterocycles. The molecule has 1 unspecified atom stereocenters. The third kappa shape index (κ3) is 5.28. The number of nitrogens with one attached hydrogen (secondary N) is 1. The Bertz CT molecular complexity index is 836. The number of rotatable bonds is 7. The average molecular weight is 426 g/mol. The highest BCUT2D eigenvalue weighted by atomic mass is 16.3. The van der Waals surface area contributed by atoms with Gasteiger partial charge in [-0.2, -0.15) is 5.10 Å². The van der Waals surface area contributed by atoms with Gasteiger partial charge in [-0.05, 0) is 82.4 Å². The van der Waals surface area contributed by atoms with Crippen LogP contribution in [0.2, 0.25) is 0 Å². The lowest BCUT2D eigenvalue weighted by atomic mass is 9.92. The highest BCUT2D eigenvalue weighted by Gasteiger charge is 2.28. The van der Waals surface area contributed by atoms with Crippen molar-refractivity contribution in [1.82, 2.24) is 14.7 Å². The van der Waals surface area contributed by atoms with Crippen molar-refractivity contribution in [3.63, 3.8) is 0 Å². The van der Waals surface area contributed by atoms with E-state index in [0.717, 1.165) is 44.7 Å². The Kier molecular flexibility index (Phi) is 7.25. The van der Waals surface area contributed by atoms with Crippen LogP contribution in [0.25, 0.3) is 0 Å². The third-order valence-electron chi connectivity index (χ3n) is 6.79. The zero-order chi connectivity index (χ0) is 21.6. The molecule has 1 amide bonds. The van der Waals surface area contributed by atoms with E-state index in [1.807, 2.05) is 29.9 Å². The molecule has 2 N–H and O–H groups in total. The molecule has 0 bridgehead atoms. The Labute approximate surface area is 185 Å². The fourth-order valence-electron chi connectivity index (χ4n) is 4.87. The number of hydrogen-bond donors (Lipinski definition) is 2. The first-order valence-corrected chi connectivity index (χ1v) is 11.7. The summed E-state index contributed by atoms with van der Waals surface area (Å²) < 4.78 is 1.91. The first-order chi connectivity index (χ1) is 15.2. The number of piperidine rings is 2. The number of carbonyl (C=O) groups excluding carboxylic acids is 1. The van der Waals surface area contributed by atoms with Crippen molar-refractivity contribution in [2.45, 2.75) is 57.5 Å². The molecular weight excluding hydrogens is 390 g/mol. The smallest absolute Gasteiger partial charge is 0.241 e. The van der Waals surface area contributed by atoms with Crippen molar-refractivity contribution < 1.29 is 9.90 Å². The maximum Gasteiger partial charge on any atom is 0.241 e. The summed E-state index contributed by atoms with van der Waals surface area (Å²) in [7, 11) is 0. The monoisotopic (exact) mass is 425 g/mol. The van der Waals surface area contributed by atoms with Crippen molar-refractivity contribution in [1.29, 1.82) is 0 Å². The summed E-state index contributed by atoms with van der Waals surface area (Å²) in [4.78, 5) is 17.5. The van der Waals surface area contributed by atoms with Gasteiger partial charge in [0.2, 0.25) is 5.91 Å². The molecule has 2 aliphatic rings. The van der Waals surface area contributed by atoms with Crippen molar-refractivity contribution >= 4 is 17.3 Å². The molecule has 0 spiro atoms. The summed E-state index contributed by atoms with van der Waals surface area (Å²) in [6, 6.07) is 10.2. The molecular formula is C24H35N5O2. The van der Waals surface area contributed by atoms with E-state index in [9.17, 15) is 9.90 Å². The van der Waals surface area contributed by atoms with Crippen LogP contribution in [0, 0.1) is 0 Å². The first kappa shape index (κ1) is 21.8. The van der Waals surface area contributed by atoms with Gasteiger partial charge in [0.15, 0.2) is 0 Å². The minimum Gasteiger partial charge on any atom is -0.394 e. The Morgan fingerprint density at radius 3 is 2.48 bits per heavy atom. The van der Waals surface area contributed by atoms with Crippen LogP contribution in [0.4, 0.5) is 11.4 Å². The lowest BCUT2D eigenvalue weighted by Gasteiger charge is -2.35. The van der Waals surface area contributed by atoms with Crippen LogP contribution in [-0.4, -0.2) is 64.5 Å². The predicted molar refractivity (Wildman–Crippen MR) is 123 cm³/mol. The first-order valence-electron chi connectivity index (χ1n) is 11.7. The van der Waals surface area contributed by atoms with Gasteiger partial charge in [0.1, 0.15) is 0 Å². The van der Waals surface area contributed by atoms with E-state index in [4.69, 9.17) is 0 Å². The van der Waals surface area contributed by atoms with Gasteiger partial charge in [0.05, 0.1) is 19.2 Å². The molecule has 1 atom stereocenters. The molecule has 3 heterocycles. The van der Waals surface area contributed by atoms with E-state index in [-0.39, 0.29) is 18.6 Å². The molecule has 2 aromatic rings. The van der Waals surface area contributed by atoms with Gasteiger partial charge < -0.3 is 15.3 Å². The molecule has 1 aromatic carbocycles. The molecule has 2 saturated heterocycles. The summed E-state index contributed by atoms with van der Waals surface area (Å²) in [5, 5.41) is 16.6. The van der Waals surface area contributed by atoms with Crippen molar-refractivity contribution in [3.05, 3.63) is 42.2 Å². The predicted octanol–water partition coefficient (Wildman–Crippen LogP) is 3.07. The van der Waals surface area contributed by atoms with Crippen LogP contribution < -0.4 is 10.2 Å². The lowest BCUT2D eigenvalue weighted by Crippen LogP contribution is -2.45. The molecule has 0 aliphatic carbocycles. The number of amides is 1. The summed E-state index contributed by atoms with van der Waals surface area (Å²) in [5.41, 5.74) is 3.30. The van der Waals surface area contributed by atoms with Crippen LogP contribution in [0.15, 0.2) is 36.5 Å². The number of hydrogen-bond acceptors (Lipinski definition) is 5. The highest BCUT2D eigenvalue weighted by molar-refractivity contribution is 5.94. The molecule has 4 rings (SSSR count). The number of aliphatic hydroxyl groups is 1. The molecule has 7 heteroatoms. The molecule has 0 saturated carbocycles. The maximum absolute atomic E-state index is 12.8. The fourth-order valence-corrected chi connectivity index (χ4v) is 4.87. The Balaban J connectivity index is 1.28. The number of benzene rings is 1. The van der Waals surface area contributed by atoms with E-state index < -0.39 is 0 Å². The summed E-state index contributed by atoms with van der Waals surface area (Å²) in [6.07, 6.45) is 7.65. The third-order valence-corrected chi connectivity index (χ3v) is 6.79. The second-order valence-corrected chi connectivity index (χ2v) is 8.77. The van der Waals surface area contributed by atoms with E-state index >= 15 is 0 Å². The number of likely N-dealkylation sites (tertiary alicyclic amines) is 1. The highest BCUT2D eigenvalue weighted by Crippen LogP contribution is 2.29. The fraction of sp³-hybridized carbons (Fsp3) is 0.583. The van der Waals surface area contributed by atoms with Gasteiger partial charge in [-0.3, -0.25) is 14.4 Å². The number of nitrogens with zero attached hydrogens (tertiary/aromatic N) is 4. The van der Waals surface area contributed by atoms with Crippen molar-refractivity contribution in [2.24, 2.45) is 0 Å². The second-order valence-electron chi connectivity index (χ2n) is 8.77. The molecule has 168 valence electrons. The number of carbonyl (C=O) groups is 1. The Morgan fingerprint density at radius 1 is 1.10 bits per heavy atom. The van der Waals surface area contributed by atoms with Gasteiger partial charge in [0, 0.05) is 42.3 Å². The summed E-state index contributed by atoms with van der Waals surface area (Å²) in [6.45, 7) is 6.66. The quantitative estimate of drug-likeness (QED) is 0.713. The molecule has 2 aliphatic heterocycles. The zero-order valence-corrected chi connectivity index (χ0v) is 18.5. The molecule has 0 radical (unpaired) electrons. The SMILES string of the molecule is CC(C(=O)Nc1ccc(N2CCCCC2)cc1)N1CCC(c2ccnn2CCO)CC1. The van der Waals surface area contributed by atoms with Gasteiger partial charge in [-0.25, -0.2) is 0 Å². The van der Waals surface area contributed by atoms with Crippen LogP contribution >= 0.6 is 0 Å². The van der Waals surface area contributed by atoms with E-state index in [1.165, 1.54) is 30.6 Å². The van der Waals surface area contributed by atoms with E-state index in [2.05, 4.69) is 38.4 Å². The van der Waals surface area contributed by atoms with Gasteiger partial charge in [0.25, 0.3) is 0 Å². The number of aromatic nitrogens is 2. The standard InChI is InChI=1S/C24H35N5O2/c1-19(27-15-10-20(11-16-27)23-9-12-25-29(23)17-18-30)24(31)26-21-5-7-22(8-6-21)28-13-3-2-4-14-28/h5-9,12,19-20,30H,2-4,10-11,13-18H2,1H3,(H,26,31). The van der Waals surface area contributed by atoms with E-state index in [0.29, 0.717) is 12.5 Å². The Morgan fingerprint density at radius 2 is 1.81 bits per heavy atom. The van der Waals surface area contributed by atoms with Crippen LogP contribution in [0.5, 0.6) is 0 Å².